The first-order valence-electron chi connectivity index (χ1n) is 6.41. The third-order valence-electron chi connectivity index (χ3n) is 2.93. The largest absolute Gasteiger partial charge is 0.342 e. The van der Waals surface area contributed by atoms with Crippen LogP contribution in [0.1, 0.15) is 47.0 Å². The third kappa shape index (κ3) is 4.97. The van der Waals surface area contributed by atoms with Gasteiger partial charge in [-0.05, 0) is 46.1 Å². The van der Waals surface area contributed by atoms with Gasteiger partial charge in [-0.3, -0.25) is 4.79 Å². The lowest BCUT2D eigenvalue weighted by Gasteiger charge is -2.31. The second-order valence-corrected chi connectivity index (χ2v) is 6.03. The van der Waals surface area contributed by atoms with E-state index in [2.05, 4.69) is 33.0 Å². The Bertz CT molecular complexity index is 233. The Kier molecular flexibility index (Phi) is 4.78. The molecule has 1 aliphatic rings. The molecule has 1 N–H and O–H groups in total. The van der Waals surface area contributed by atoms with Crippen LogP contribution >= 0.6 is 0 Å². The number of carbonyl (C=O) groups excluding carboxylic acids is 1. The molecule has 1 aliphatic heterocycles. The molecule has 0 spiro atoms. The van der Waals surface area contributed by atoms with Gasteiger partial charge in [0.15, 0.2) is 0 Å². The molecule has 0 radical (unpaired) electrons. The number of rotatable bonds is 4. The lowest BCUT2D eigenvalue weighted by molar-refractivity contribution is -0.133. The fraction of sp³-hybridized carbons (Fsp3) is 0.923. The molecule has 1 rings (SSSR count). The maximum Gasteiger partial charge on any atom is 0.222 e. The van der Waals surface area contributed by atoms with Crippen molar-refractivity contribution < 1.29 is 4.79 Å². The maximum atomic E-state index is 11.6. The highest BCUT2D eigenvalue weighted by Gasteiger charge is 2.20. The number of amides is 1. The first-order chi connectivity index (χ1) is 7.38. The Hall–Kier alpha value is -0.570. The smallest absolute Gasteiger partial charge is 0.222 e. The molecule has 16 heavy (non-hydrogen) atoms. The normalized spacial score (nSPS) is 20.0. The molecule has 1 fully saturated rings. The number of nitrogens with zero attached hydrogens (tertiary/aromatic N) is 1. The summed E-state index contributed by atoms with van der Waals surface area (Å²) in [7, 11) is 0. The predicted octanol–water partition coefficient (Wildman–Crippen LogP) is 2.02. The number of nitrogens with one attached hydrogen (secondary N) is 1. The van der Waals surface area contributed by atoms with Crippen molar-refractivity contribution in [2.75, 3.05) is 19.6 Å². The summed E-state index contributed by atoms with van der Waals surface area (Å²) in [5.41, 5.74) is 0.167. The minimum atomic E-state index is 0.167. The van der Waals surface area contributed by atoms with Gasteiger partial charge in [-0.25, -0.2) is 0 Å². The lowest BCUT2D eigenvalue weighted by atomic mass is 10.0. The molecule has 0 aromatic rings. The summed E-state index contributed by atoms with van der Waals surface area (Å²) < 4.78 is 0. The number of hydrogen-bond donors (Lipinski definition) is 1. The van der Waals surface area contributed by atoms with Gasteiger partial charge in [0.25, 0.3) is 0 Å². The van der Waals surface area contributed by atoms with E-state index in [4.69, 9.17) is 0 Å². The average molecular weight is 226 g/mol. The van der Waals surface area contributed by atoms with Gasteiger partial charge in [0.2, 0.25) is 5.91 Å². The Morgan fingerprint density at radius 3 is 2.62 bits per heavy atom. The summed E-state index contributed by atoms with van der Waals surface area (Å²) in [6.45, 7) is 11.6. The number of hydrogen-bond acceptors (Lipinski definition) is 2. The summed E-state index contributed by atoms with van der Waals surface area (Å²) >= 11 is 0. The molecule has 1 amide bonds. The van der Waals surface area contributed by atoms with Gasteiger partial charge in [0, 0.05) is 25.0 Å². The minimum Gasteiger partial charge on any atom is -0.342 e. The number of carbonyl (C=O) groups is 1. The van der Waals surface area contributed by atoms with E-state index < -0.39 is 0 Å². The van der Waals surface area contributed by atoms with E-state index in [1.807, 2.05) is 4.90 Å². The van der Waals surface area contributed by atoms with Gasteiger partial charge >= 0.3 is 0 Å². The molecule has 1 heterocycles. The van der Waals surface area contributed by atoms with E-state index in [9.17, 15) is 4.79 Å². The summed E-state index contributed by atoms with van der Waals surface area (Å²) in [6, 6.07) is 0. The minimum absolute atomic E-state index is 0.167. The van der Waals surface area contributed by atoms with Crippen molar-refractivity contribution in [3.05, 3.63) is 0 Å². The van der Waals surface area contributed by atoms with Crippen molar-refractivity contribution in [1.29, 1.82) is 0 Å². The standard InChI is InChI=1S/C13H26N2O/c1-11(9-14-13(2,3)4)10-15-8-6-5-7-12(15)16/h11,14H,5-10H2,1-4H3. The quantitative estimate of drug-likeness (QED) is 0.795. The zero-order valence-electron chi connectivity index (χ0n) is 11.2. The Morgan fingerprint density at radius 2 is 2.06 bits per heavy atom. The van der Waals surface area contributed by atoms with E-state index in [1.165, 1.54) is 6.42 Å². The van der Waals surface area contributed by atoms with Gasteiger partial charge in [-0.1, -0.05) is 6.92 Å². The van der Waals surface area contributed by atoms with E-state index in [-0.39, 0.29) is 5.54 Å². The molecule has 1 atom stereocenters. The summed E-state index contributed by atoms with van der Waals surface area (Å²) in [4.78, 5) is 13.7. The predicted molar refractivity (Wildman–Crippen MR) is 67.4 cm³/mol. The second kappa shape index (κ2) is 5.67. The first-order valence-corrected chi connectivity index (χ1v) is 6.41. The summed E-state index contributed by atoms with van der Waals surface area (Å²) in [5, 5.41) is 3.49. The molecule has 0 aliphatic carbocycles. The second-order valence-electron chi connectivity index (χ2n) is 6.03. The van der Waals surface area contributed by atoms with E-state index >= 15 is 0 Å². The maximum absolute atomic E-state index is 11.6. The van der Waals surface area contributed by atoms with Gasteiger partial charge in [-0.15, -0.1) is 0 Å². The molecule has 3 heteroatoms. The molecule has 0 saturated carbocycles. The molecule has 94 valence electrons. The average Bonchev–Trinajstić information content (AvgIpc) is 2.18. The third-order valence-corrected chi connectivity index (χ3v) is 2.93. The van der Waals surface area contributed by atoms with Crippen LogP contribution in [0.15, 0.2) is 0 Å². The van der Waals surface area contributed by atoms with Crippen LogP contribution in [0.3, 0.4) is 0 Å². The van der Waals surface area contributed by atoms with Gasteiger partial charge in [-0.2, -0.15) is 0 Å². The Morgan fingerprint density at radius 1 is 1.38 bits per heavy atom. The zero-order valence-corrected chi connectivity index (χ0v) is 11.2. The lowest BCUT2D eigenvalue weighted by Crippen LogP contribution is -2.44. The molecule has 0 aromatic heterocycles. The zero-order chi connectivity index (χ0) is 12.2. The highest BCUT2D eigenvalue weighted by molar-refractivity contribution is 5.76. The highest BCUT2D eigenvalue weighted by Crippen LogP contribution is 2.12. The van der Waals surface area contributed by atoms with E-state index in [0.717, 1.165) is 32.5 Å². The van der Waals surface area contributed by atoms with Gasteiger partial charge in [0.1, 0.15) is 0 Å². The van der Waals surface area contributed by atoms with Crippen LogP contribution in [0.2, 0.25) is 0 Å². The monoisotopic (exact) mass is 226 g/mol. The number of piperidine rings is 1. The molecular weight excluding hydrogens is 200 g/mol. The molecule has 1 unspecified atom stereocenters. The van der Waals surface area contributed by atoms with Crippen LogP contribution in [0.5, 0.6) is 0 Å². The molecular formula is C13H26N2O. The van der Waals surface area contributed by atoms with Crippen molar-refractivity contribution in [3.63, 3.8) is 0 Å². The van der Waals surface area contributed by atoms with Crippen molar-refractivity contribution in [3.8, 4) is 0 Å². The van der Waals surface area contributed by atoms with Crippen LogP contribution in [-0.2, 0) is 4.79 Å². The van der Waals surface area contributed by atoms with Crippen LogP contribution in [-0.4, -0.2) is 36.0 Å². The molecule has 3 nitrogen and oxygen atoms in total. The van der Waals surface area contributed by atoms with Gasteiger partial charge < -0.3 is 10.2 Å². The SMILES string of the molecule is CC(CNC(C)(C)C)CN1CCCCC1=O. The molecule has 0 bridgehead atoms. The summed E-state index contributed by atoms with van der Waals surface area (Å²) in [6.07, 6.45) is 2.99. The first kappa shape index (κ1) is 13.5. The highest BCUT2D eigenvalue weighted by atomic mass is 16.2. The van der Waals surface area contributed by atoms with Crippen LogP contribution < -0.4 is 5.32 Å². The van der Waals surface area contributed by atoms with Crippen LogP contribution in [0.4, 0.5) is 0 Å². The van der Waals surface area contributed by atoms with Crippen molar-refractivity contribution in [1.82, 2.24) is 10.2 Å². The van der Waals surface area contributed by atoms with E-state index in [0.29, 0.717) is 11.8 Å². The van der Waals surface area contributed by atoms with Crippen LogP contribution in [0, 0.1) is 5.92 Å². The van der Waals surface area contributed by atoms with Crippen molar-refractivity contribution in [2.24, 2.45) is 5.92 Å². The topological polar surface area (TPSA) is 32.3 Å². The number of likely N-dealkylation sites (tertiary alicyclic amines) is 1. The fourth-order valence-electron chi connectivity index (χ4n) is 1.98. The summed E-state index contributed by atoms with van der Waals surface area (Å²) in [5.74, 6) is 0.870. The van der Waals surface area contributed by atoms with Crippen molar-refractivity contribution >= 4 is 5.91 Å². The Labute approximate surface area is 99.6 Å². The van der Waals surface area contributed by atoms with E-state index in [1.54, 1.807) is 0 Å². The fourth-order valence-corrected chi connectivity index (χ4v) is 1.98. The molecule has 0 aromatic carbocycles. The Balaban J connectivity index is 2.27. The van der Waals surface area contributed by atoms with Gasteiger partial charge in [0.05, 0.1) is 0 Å². The van der Waals surface area contributed by atoms with Crippen LogP contribution in [0.25, 0.3) is 0 Å². The molecule has 1 saturated heterocycles. The van der Waals surface area contributed by atoms with Crippen molar-refractivity contribution in [2.45, 2.75) is 52.5 Å².